The fourth-order valence-corrected chi connectivity index (χ4v) is 4.26. The molecule has 4 rings (SSSR count). The quantitative estimate of drug-likeness (QED) is 0.602. The first kappa shape index (κ1) is 21.2. The number of amides is 1. The lowest BCUT2D eigenvalue weighted by molar-refractivity contribution is -0.122. The van der Waals surface area contributed by atoms with Gasteiger partial charge in [0.25, 0.3) is 0 Å². The van der Waals surface area contributed by atoms with Crippen molar-refractivity contribution in [3.63, 3.8) is 0 Å². The first-order valence-corrected chi connectivity index (χ1v) is 11.1. The number of carbonyl (C=O) groups is 1. The van der Waals surface area contributed by atoms with Crippen molar-refractivity contribution in [1.82, 2.24) is 30.0 Å². The molecule has 3 heterocycles. The van der Waals surface area contributed by atoms with Gasteiger partial charge in [0.1, 0.15) is 18.7 Å². The number of benzene rings is 1. The van der Waals surface area contributed by atoms with Crippen LogP contribution in [0.5, 0.6) is 0 Å². The Hall–Kier alpha value is -3.00. The van der Waals surface area contributed by atoms with Crippen molar-refractivity contribution in [2.75, 3.05) is 31.1 Å². The summed E-state index contributed by atoms with van der Waals surface area (Å²) in [6.07, 6.45) is 5.24. The fraction of sp³-hybridized carbons (Fsp3) is 0.478. The van der Waals surface area contributed by atoms with Crippen molar-refractivity contribution in [2.24, 2.45) is 0 Å². The molecule has 164 valence electrons. The number of hydrogen-bond acceptors (Lipinski definition) is 6. The van der Waals surface area contributed by atoms with Crippen LogP contribution in [0, 0.1) is 0 Å². The molecule has 1 aliphatic heterocycles. The van der Waals surface area contributed by atoms with E-state index in [1.165, 1.54) is 5.56 Å². The highest BCUT2D eigenvalue weighted by Crippen LogP contribution is 2.22. The molecule has 1 saturated heterocycles. The molecule has 0 unspecified atom stereocenters. The Morgan fingerprint density at radius 1 is 1.13 bits per heavy atom. The van der Waals surface area contributed by atoms with Crippen LogP contribution in [0.1, 0.15) is 32.3 Å². The first-order chi connectivity index (χ1) is 15.2. The largest absolute Gasteiger partial charge is 0.356 e. The Kier molecular flexibility index (Phi) is 6.76. The number of rotatable bonds is 8. The lowest BCUT2D eigenvalue weighted by atomic mass is 10.0. The zero-order valence-electron chi connectivity index (χ0n) is 18.4. The van der Waals surface area contributed by atoms with Crippen LogP contribution in [0.4, 0.5) is 5.82 Å². The number of piperidine rings is 1. The van der Waals surface area contributed by atoms with Gasteiger partial charge in [0.05, 0.1) is 11.6 Å². The summed E-state index contributed by atoms with van der Waals surface area (Å²) in [5.41, 5.74) is 2.03. The number of fused-ring (bicyclic) bond motifs is 1. The average Bonchev–Trinajstić information content (AvgIpc) is 3.20. The molecule has 8 heteroatoms. The van der Waals surface area contributed by atoms with Gasteiger partial charge in [0.2, 0.25) is 5.91 Å². The molecule has 0 saturated carbocycles. The van der Waals surface area contributed by atoms with E-state index in [1.54, 1.807) is 17.2 Å². The van der Waals surface area contributed by atoms with Gasteiger partial charge in [-0.2, -0.15) is 5.10 Å². The van der Waals surface area contributed by atoms with E-state index in [9.17, 15) is 4.79 Å². The van der Waals surface area contributed by atoms with E-state index in [4.69, 9.17) is 0 Å². The van der Waals surface area contributed by atoms with Crippen LogP contribution in [-0.2, 0) is 17.9 Å². The van der Waals surface area contributed by atoms with Gasteiger partial charge in [-0.1, -0.05) is 30.3 Å². The van der Waals surface area contributed by atoms with E-state index >= 15 is 0 Å². The lowest BCUT2D eigenvalue weighted by Gasteiger charge is -2.32. The number of likely N-dealkylation sites (tertiary alicyclic amines) is 1. The van der Waals surface area contributed by atoms with Crippen molar-refractivity contribution >= 4 is 22.8 Å². The van der Waals surface area contributed by atoms with Crippen molar-refractivity contribution < 1.29 is 4.79 Å². The summed E-state index contributed by atoms with van der Waals surface area (Å²) >= 11 is 0. The van der Waals surface area contributed by atoms with Crippen LogP contribution in [-0.4, -0.2) is 62.8 Å². The standard InChI is InChI=1S/C23H31N7O/c1-3-29(4-2)22-20-14-26-30(23(20)25-17-24-22)16-21(31)27-19-10-12-28(13-11-19)15-18-8-6-5-7-9-18/h5-9,14,17,19H,3-4,10-13,15-16H2,1-2H3,(H,27,31). The molecule has 1 amide bonds. The zero-order valence-corrected chi connectivity index (χ0v) is 18.4. The number of carbonyl (C=O) groups excluding carboxylic acids is 1. The highest BCUT2D eigenvalue weighted by Gasteiger charge is 2.22. The van der Waals surface area contributed by atoms with Crippen LogP contribution in [0.25, 0.3) is 11.0 Å². The van der Waals surface area contributed by atoms with Gasteiger partial charge in [-0.05, 0) is 32.3 Å². The lowest BCUT2D eigenvalue weighted by Crippen LogP contribution is -2.45. The topological polar surface area (TPSA) is 79.2 Å². The highest BCUT2D eigenvalue weighted by atomic mass is 16.2. The molecular weight excluding hydrogens is 390 g/mol. The second-order valence-electron chi connectivity index (χ2n) is 8.01. The van der Waals surface area contributed by atoms with Crippen LogP contribution in [0.15, 0.2) is 42.9 Å². The molecule has 1 fully saturated rings. The summed E-state index contributed by atoms with van der Waals surface area (Å²) in [5.74, 6) is 0.849. The Bertz CT molecular complexity index is 992. The van der Waals surface area contributed by atoms with Crippen LogP contribution in [0.2, 0.25) is 0 Å². The summed E-state index contributed by atoms with van der Waals surface area (Å²) in [5, 5.41) is 8.49. The normalized spacial score (nSPS) is 15.3. The van der Waals surface area contributed by atoms with Gasteiger partial charge >= 0.3 is 0 Å². The molecular formula is C23H31N7O. The molecule has 3 aromatic rings. The summed E-state index contributed by atoms with van der Waals surface area (Å²) in [4.78, 5) is 26.1. The predicted molar refractivity (Wildman–Crippen MR) is 122 cm³/mol. The van der Waals surface area contributed by atoms with E-state index < -0.39 is 0 Å². The van der Waals surface area contributed by atoms with E-state index in [0.29, 0.717) is 5.65 Å². The van der Waals surface area contributed by atoms with E-state index in [2.05, 4.69) is 68.3 Å². The second-order valence-corrected chi connectivity index (χ2v) is 8.01. The zero-order chi connectivity index (χ0) is 21.6. The van der Waals surface area contributed by atoms with Crippen molar-refractivity contribution in [3.05, 3.63) is 48.4 Å². The number of aromatic nitrogens is 4. The number of anilines is 1. The van der Waals surface area contributed by atoms with Gasteiger partial charge in [-0.3, -0.25) is 9.69 Å². The Morgan fingerprint density at radius 2 is 1.87 bits per heavy atom. The third-order valence-corrected chi connectivity index (χ3v) is 5.97. The maximum absolute atomic E-state index is 12.7. The van der Waals surface area contributed by atoms with Crippen LogP contribution >= 0.6 is 0 Å². The summed E-state index contributed by atoms with van der Waals surface area (Å²) in [6.45, 7) is 9.03. The van der Waals surface area contributed by atoms with Gasteiger partial charge in [-0.25, -0.2) is 14.6 Å². The highest BCUT2D eigenvalue weighted by molar-refractivity contribution is 5.87. The number of hydrogen-bond donors (Lipinski definition) is 1. The fourth-order valence-electron chi connectivity index (χ4n) is 4.26. The molecule has 1 aliphatic rings. The van der Waals surface area contributed by atoms with E-state index in [1.807, 2.05) is 6.07 Å². The van der Waals surface area contributed by atoms with Gasteiger partial charge in [-0.15, -0.1) is 0 Å². The summed E-state index contributed by atoms with van der Waals surface area (Å²) in [6, 6.07) is 10.7. The van der Waals surface area contributed by atoms with Crippen molar-refractivity contribution in [2.45, 2.75) is 45.8 Å². The molecule has 2 aromatic heterocycles. The first-order valence-electron chi connectivity index (χ1n) is 11.1. The van der Waals surface area contributed by atoms with E-state index in [0.717, 1.165) is 56.8 Å². The van der Waals surface area contributed by atoms with Crippen molar-refractivity contribution in [1.29, 1.82) is 0 Å². The monoisotopic (exact) mass is 421 g/mol. The molecule has 1 N–H and O–H groups in total. The second kappa shape index (κ2) is 9.87. The molecule has 0 spiro atoms. The summed E-state index contributed by atoms with van der Waals surface area (Å²) in [7, 11) is 0. The Balaban J connectivity index is 1.32. The number of nitrogens with zero attached hydrogens (tertiary/aromatic N) is 6. The van der Waals surface area contributed by atoms with Crippen LogP contribution < -0.4 is 10.2 Å². The minimum Gasteiger partial charge on any atom is -0.356 e. The molecule has 0 aliphatic carbocycles. The Labute approximate surface area is 183 Å². The SMILES string of the molecule is CCN(CC)c1ncnc2c1cnn2CC(=O)NC1CCN(Cc2ccccc2)CC1. The smallest absolute Gasteiger partial charge is 0.242 e. The molecule has 31 heavy (non-hydrogen) atoms. The Morgan fingerprint density at radius 3 is 2.58 bits per heavy atom. The van der Waals surface area contributed by atoms with Gasteiger partial charge in [0.15, 0.2) is 5.65 Å². The van der Waals surface area contributed by atoms with Crippen LogP contribution in [0.3, 0.4) is 0 Å². The predicted octanol–water partition coefficient (Wildman–Crippen LogP) is 2.45. The minimum atomic E-state index is -0.0190. The number of nitrogens with one attached hydrogen (secondary N) is 1. The maximum atomic E-state index is 12.7. The molecule has 8 nitrogen and oxygen atoms in total. The molecule has 0 bridgehead atoms. The third kappa shape index (κ3) is 5.02. The third-order valence-electron chi connectivity index (χ3n) is 5.97. The van der Waals surface area contributed by atoms with Gasteiger partial charge < -0.3 is 10.2 Å². The molecule has 1 aromatic carbocycles. The summed E-state index contributed by atoms with van der Waals surface area (Å²) < 4.78 is 1.67. The maximum Gasteiger partial charge on any atom is 0.242 e. The van der Waals surface area contributed by atoms with E-state index in [-0.39, 0.29) is 18.5 Å². The minimum absolute atomic E-state index is 0.0190. The molecule has 0 radical (unpaired) electrons. The molecule has 0 atom stereocenters. The van der Waals surface area contributed by atoms with Gasteiger partial charge in [0, 0.05) is 38.8 Å². The average molecular weight is 422 g/mol. The van der Waals surface area contributed by atoms with Crippen molar-refractivity contribution in [3.8, 4) is 0 Å².